The fourth-order valence-corrected chi connectivity index (χ4v) is 2.11. The second-order valence-electron chi connectivity index (χ2n) is 4.63. The highest BCUT2D eigenvalue weighted by molar-refractivity contribution is 6.80. The lowest BCUT2D eigenvalue weighted by atomic mass is 10.1. The maximum absolute atomic E-state index is 5.61. The molecule has 0 aliphatic carbocycles. The smallest absolute Gasteiger partial charge is 0.0752 e. The Labute approximate surface area is 76.8 Å². The van der Waals surface area contributed by atoms with Crippen LogP contribution in [0.5, 0.6) is 0 Å². The van der Waals surface area contributed by atoms with E-state index in [1.165, 1.54) is 19.3 Å². The molecule has 0 aromatic carbocycles. The molecule has 1 heterocycles. The van der Waals surface area contributed by atoms with Crippen LogP contribution in [-0.2, 0) is 4.74 Å². The molecule has 12 heavy (non-hydrogen) atoms. The predicted molar refractivity (Wildman–Crippen MR) is 56.1 cm³/mol. The molecule has 1 fully saturated rings. The van der Waals surface area contributed by atoms with Crippen LogP contribution < -0.4 is 0 Å². The van der Waals surface area contributed by atoms with Gasteiger partial charge in [0.05, 0.1) is 14.2 Å². The normalized spacial score (nSPS) is 26.4. The summed E-state index contributed by atoms with van der Waals surface area (Å²) in [7, 11) is -1.00. The van der Waals surface area contributed by atoms with Crippen LogP contribution in [0, 0.1) is 0 Å². The zero-order valence-corrected chi connectivity index (χ0v) is 9.47. The zero-order chi connectivity index (χ0) is 9.03. The third-order valence-corrected chi connectivity index (χ3v) is 3.22. The second kappa shape index (κ2) is 4.24. The molecule has 0 saturated carbocycles. The Morgan fingerprint density at radius 2 is 2.00 bits per heavy atom. The van der Waals surface area contributed by atoms with Crippen molar-refractivity contribution in [3.05, 3.63) is 11.8 Å². The van der Waals surface area contributed by atoms with Gasteiger partial charge in [-0.25, -0.2) is 0 Å². The molecule has 1 unspecified atom stereocenters. The lowest BCUT2D eigenvalue weighted by Gasteiger charge is -2.20. The minimum absolute atomic E-state index is 0.422. The van der Waals surface area contributed by atoms with Crippen LogP contribution in [-0.4, -0.2) is 20.8 Å². The average Bonchev–Trinajstić information content (AvgIpc) is 2.02. The zero-order valence-electron chi connectivity index (χ0n) is 8.47. The molecule has 1 atom stereocenters. The van der Waals surface area contributed by atoms with Crippen LogP contribution in [0.15, 0.2) is 11.8 Å². The molecule has 0 aromatic rings. The van der Waals surface area contributed by atoms with Gasteiger partial charge in [0.15, 0.2) is 0 Å². The lowest BCUT2D eigenvalue weighted by molar-refractivity contribution is 0.0467. The van der Waals surface area contributed by atoms with Gasteiger partial charge in [0, 0.05) is 6.61 Å². The van der Waals surface area contributed by atoms with E-state index in [0.717, 1.165) is 6.61 Å². The van der Waals surface area contributed by atoms with E-state index in [1.54, 1.807) is 0 Å². The van der Waals surface area contributed by atoms with E-state index in [9.17, 15) is 0 Å². The lowest BCUT2D eigenvalue weighted by Crippen LogP contribution is -2.20. The van der Waals surface area contributed by atoms with Crippen LogP contribution in [0.4, 0.5) is 0 Å². The van der Waals surface area contributed by atoms with E-state index < -0.39 is 8.07 Å². The Kier molecular flexibility index (Phi) is 3.53. The largest absolute Gasteiger partial charge is 0.374 e. The van der Waals surface area contributed by atoms with Crippen LogP contribution in [0.3, 0.4) is 0 Å². The number of rotatable bonds is 2. The van der Waals surface area contributed by atoms with Crippen molar-refractivity contribution in [3.8, 4) is 0 Å². The quantitative estimate of drug-likeness (QED) is 0.600. The fraction of sp³-hybridized carbons (Fsp3) is 0.800. The third kappa shape index (κ3) is 4.07. The van der Waals surface area contributed by atoms with Gasteiger partial charge in [0.1, 0.15) is 0 Å². The van der Waals surface area contributed by atoms with E-state index in [0.29, 0.717) is 6.10 Å². The van der Waals surface area contributed by atoms with Gasteiger partial charge in [0.25, 0.3) is 0 Å². The van der Waals surface area contributed by atoms with Gasteiger partial charge >= 0.3 is 0 Å². The predicted octanol–water partition coefficient (Wildman–Crippen LogP) is 2.99. The highest BCUT2D eigenvalue weighted by Crippen LogP contribution is 2.14. The van der Waals surface area contributed by atoms with Crippen molar-refractivity contribution in [1.29, 1.82) is 0 Å². The number of ether oxygens (including phenoxy) is 1. The summed E-state index contributed by atoms with van der Waals surface area (Å²) in [6.07, 6.45) is 6.51. The fourth-order valence-electron chi connectivity index (χ4n) is 1.31. The molecule has 70 valence electrons. The topological polar surface area (TPSA) is 9.23 Å². The molecule has 0 spiro atoms. The molecule has 1 rings (SSSR count). The summed E-state index contributed by atoms with van der Waals surface area (Å²) >= 11 is 0. The van der Waals surface area contributed by atoms with Crippen LogP contribution in [0.25, 0.3) is 0 Å². The van der Waals surface area contributed by atoms with Gasteiger partial charge in [-0.05, 0) is 19.3 Å². The highest BCUT2D eigenvalue weighted by Gasteiger charge is 2.12. The summed E-state index contributed by atoms with van der Waals surface area (Å²) < 4.78 is 5.61. The first-order valence-electron chi connectivity index (χ1n) is 4.89. The van der Waals surface area contributed by atoms with Crippen molar-refractivity contribution in [2.75, 3.05) is 6.61 Å². The van der Waals surface area contributed by atoms with E-state index in [2.05, 4.69) is 31.4 Å². The van der Waals surface area contributed by atoms with Crippen LogP contribution in [0.1, 0.15) is 19.3 Å². The van der Waals surface area contributed by atoms with Crippen molar-refractivity contribution in [1.82, 2.24) is 0 Å². The molecule has 1 aliphatic heterocycles. The van der Waals surface area contributed by atoms with Crippen molar-refractivity contribution in [2.45, 2.75) is 45.0 Å². The minimum Gasteiger partial charge on any atom is -0.374 e. The van der Waals surface area contributed by atoms with E-state index >= 15 is 0 Å². The van der Waals surface area contributed by atoms with Gasteiger partial charge in [-0.2, -0.15) is 0 Å². The van der Waals surface area contributed by atoms with Crippen molar-refractivity contribution < 1.29 is 4.74 Å². The maximum Gasteiger partial charge on any atom is 0.0752 e. The Morgan fingerprint density at radius 3 is 2.50 bits per heavy atom. The van der Waals surface area contributed by atoms with Gasteiger partial charge in [-0.3, -0.25) is 0 Å². The first kappa shape index (κ1) is 10.0. The molecule has 0 bridgehead atoms. The minimum atomic E-state index is -1.00. The summed E-state index contributed by atoms with van der Waals surface area (Å²) in [5, 5.41) is 0. The Balaban J connectivity index is 2.33. The maximum atomic E-state index is 5.61. The first-order chi connectivity index (χ1) is 5.58. The molecule has 0 aromatic heterocycles. The van der Waals surface area contributed by atoms with Gasteiger partial charge in [0.2, 0.25) is 0 Å². The molecule has 0 N–H and O–H groups in total. The Hall–Kier alpha value is -0.0831. The van der Waals surface area contributed by atoms with Crippen molar-refractivity contribution in [2.24, 2.45) is 0 Å². The van der Waals surface area contributed by atoms with Gasteiger partial charge < -0.3 is 4.74 Å². The Morgan fingerprint density at radius 1 is 1.25 bits per heavy atom. The summed E-state index contributed by atoms with van der Waals surface area (Å²) in [6, 6.07) is 0. The Bertz CT molecular complexity index is 152. The summed E-state index contributed by atoms with van der Waals surface area (Å²) in [5.41, 5.74) is 2.39. The third-order valence-electron chi connectivity index (χ3n) is 2.03. The standard InChI is InChI=1S/C10H20OSi/c1-12(2,3)9-7-10-6-4-5-8-11-10/h7,9-10H,4-6,8H2,1-3H3/b9-7+. The molecule has 1 nitrogen and oxygen atoms in total. The monoisotopic (exact) mass is 184 g/mol. The molecule has 1 saturated heterocycles. The first-order valence-corrected chi connectivity index (χ1v) is 8.47. The molecule has 0 amide bonds. The summed E-state index contributed by atoms with van der Waals surface area (Å²) in [6.45, 7) is 8.02. The molecule has 2 heteroatoms. The van der Waals surface area contributed by atoms with Crippen LogP contribution >= 0.6 is 0 Å². The summed E-state index contributed by atoms with van der Waals surface area (Å²) in [5.74, 6) is 0. The van der Waals surface area contributed by atoms with Crippen molar-refractivity contribution in [3.63, 3.8) is 0 Å². The van der Waals surface area contributed by atoms with E-state index in [-0.39, 0.29) is 0 Å². The molecular weight excluding hydrogens is 164 g/mol. The molecule has 0 radical (unpaired) electrons. The highest BCUT2D eigenvalue weighted by atomic mass is 28.3. The summed E-state index contributed by atoms with van der Waals surface area (Å²) in [4.78, 5) is 0. The van der Waals surface area contributed by atoms with Gasteiger partial charge in [-0.15, -0.1) is 0 Å². The second-order valence-corrected chi connectivity index (χ2v) is 9.70. The van der Waals surface area contributed by atoms with E-state index in [1.807, 2.05) is 0 Å². The molecular formula is C10H20OSi. The SMILES string of the molecule is C[Si](C)(C)/C=C/C1CCCCO1. The average molecular weight is 184 g/mol. The van der Waals surface area contributed by atoms with Crippen LogP contribution in [0.2, 0.25) is 19.6 Å². The van der Waals surface area contributed by atoms with Crippen molar-refractivity contribution >= 4 is 8.07 Å². The number of hydrogen-bond acceptors (Lipinski definition) is 1. The molecule has 1 aliphatic rings. The van der Waals surface area contributed by atoms with E-state index in [4.69, 9.17) is 4.74 Å². The number of hydrogen-bond donors (Lipinski definition) is 0. The van der Waals surface area contributed by atoms with Gasteiger partial charge in [-0.1, -0.05) is 31.4 Å².